The third-order valence-corrected chi connectivity index (χ3v) is 0.607. The number of hydrogen-bond acceptors (Lipinski definition) is 0. The van der Waals surface area contributed by atoms with E-state index in [1.165, 1.54) is 0 Å². The van der Waals surface area contributed by atoms with E-state index in [-0.39, 0.29) is 34.3 Å². The Morgan fingerprint density at radius 1 is 0.778 bits per heavy atom. The molecule has 9 heavy (non-hydrogen) atoms. The van der Waals surface area contributed by atoms with Crippen LogP contribution in [0.2, 0.25) is 0 Å². The van der Waals surface area contributed by atoms with Crippen LogP contribution >= 0.6 is 0 Å². The summed E-state index contributed by atoms with van der Waals surface area (Å²) in [4.78, 5) is 0. The number of hydrogen-bond donors (Lipinski definition) is 0. The monoisotopic (exact) mass is 209 g/mol. The van der Waals surface area contributed by atoms with Gasteiger partial charge in [0.25, 0.3) is 0 Å². The van der Waals surface area contributed by atoms with E-state index >= 15 is 0 Å². The largest absolute Gasteiger partial charge is 3.00 e. The fourth-order valence-corrected chi connectivity index (χ4v) is 0.342. The molecule has 0 aliphatic rings. The summed E-state index contributed by atoms with van der Waals surface area (Å²) >= 11 is 0. The molecule has 0 nitrogen and oxygen atoms in total. The molecule has 0 fully saturated rings. The Morgan fingerprint density at radius 3 is 1.33 bits per heavy atom. The molecule has 0 aliphatic heterocycles. The topological polar surface area (TPSA) is 0 Å². The summed E-state index contributed by atoms with van der Waals surface area (Å²) in [5.41, 5.74) is 0. The molecule has 0 unspecified atom stereocenters. The molecule has 0 N–H and O–H groups in total. The van der Waals surface area contributed by atoms with Crippen LogP contribution in [0.3, 0.4) is 0 Å². The van der Waals surface area contributed by atoms with Crippen molar-refractivity contribution in [2.24, 2.45) is 0 Å². The van der Waals surface area contributed by atoms with E-state index in [0.717, 1.165) is 0 Å². The molecule has 1 heteroatoms. The van der Waals surface area contributed by atoms with Gasteiger partial charge in [0, 0.05) is 0 Å². The van der Waals surface area contributed by atoms with Gasteiger partial charge in [-0.1, -0.05) is 0 Å². The van der Waals surface area contributed by atoms with Crippen LogP contribution in [-0.2, 0) is 19.5 Å². The van der Waals surface area contributed by atoms with Crippen LogP contribution in [0.1, 0.15) is 0 Å². The van der Waals surface area contributed by atoms with E-state index in [4.69, 9.17) is 0 Å². The predicted molar refractivity (Wildman–Crippen MR) is 38.1 cm³/mol. The fraction of sp³-hybridized carbons (Fsp3) is 0. The maximum absolute atomic E-state index is 2.89. The average molecular weight is 208 g/mol. The van der Waals surface area contributed by atoms with Crippen LogP contribution in [0, 0.1) is 20.9 Å². The minimum Gasteiger partial charge on any atom is -0.358 e. The Morgan fingerprint density at radius 2 is 1.22 bits per heavy atom. The Labute approximate surface area is 71.1 Å². The SMILES string of the molecule is [CH3-].[CH3-].[Ru+3].[c-]1ccccc1. The van der Waals surface area contributed by atoms with E-state index in [9.17, 15) is 0 Å². The molecule has 1 aromatic carbocycles. The van der Waals surface area contributed by atoms with Crippen molar-refractivity contribution < 1.29 is 19.5 Å². The van der Waals surface area contributed by atoms with Crippen molar-refractivity contribution in [3.63, 3.8) is 0 Å². The molecule has 51 valence electrons. The second-order valence-corrected chi connectivity index (χ2v) is 1.08. The zero-order valence-electron chi connectivity index (χ0n) is 5.74. The molecular formula is C8H11Ru. The van der Waals surface area contributed by atoms with Gasteiger partial charge in [-0.15, -0.1) is 0 Å². The minimum atomic E-state index is 0. The molecule has 0 atom stereocenters. The summed E-state index contributed by atoms with van der Waals surface area (Å²) in [5, 5.41) is 0. The van der Waals surface area contributed by atoms with Crippen molar-refractivity contribution in [1.82, 2.24) is 0 Å². The molecule has 0 aliphatic carbocycles. The fourth-order valence-electron chi connectivity index (χ4n) is 0.342. The van der Waals surface area contributed by atoms with E-state index in [1.807, 2.05) is 30.3 Å². The maximum Gasteiger partial charge on any atom is 3.00 e. The van der Waals surface area contributed by atoms with E-state index in [1.54, 1.807) is 0 Å². The Hall–Kier alpha value is -0.157. The number of benzene rings is 1. The molecule has 1 aromatic rings. The third-order valence-electron chi connectivity index (χ3n) is 0.607. The summed E-state index contributed by atoms with van der Waals surface area (Å²) in [6.07, 6.45) is 0. The van der Waals surface area contributed by atoms with Crippen LogP contribution in [0.25, 0.3) is 0 Å². The van der Waals surface area contributed by atoms with Crippen LogP contribution in [0.15, 0.2) is 30.3 Å². The molecule has 0 amide bonds. The van der Waals surface area contributed by atoms with Crippen LogP contribution in [0.4, 0.5) is 0 Å². The normalized spacial score (nSPS) is 5.33. The molecule has 0 heterocycles. The molecule has 1 rings (SSSR count). The summed E-state index contributed by atoms with van der Waals surface area (Å²) in [6, 6.07) is 12.5. The third kappa shape index (κ3) is 7.84. The summed E-state index contributed by atoms with van der Waals surface area (Å²) in [6.45, 7) is 0. The zero-order chi connectivity index (χ0) is 4.24. The molecule has 1 radical (unpaired) electrons. The Bertz CT molecular complexity index is 76.5. The molecule has 0 spiro atoms. The Balaban J connectivity index is -0.000000120. The first kappa shape index (κ1) is 15.9. The molecule has 0 aromatic heterocycles. The zero-order valence-corrected chi connectivity index (χ0v) is 7.48. The quantitative estimate of drug-likeness (QED) is 0.453. The van der Waals surface area contributed by atoms with Crippen LogP contribution in [-0.4, -0.2) is 0 Å². The average Bonchev–Trinajstić information content (AvgIpc) is 1.72. The molecule has 0 saturated carbocycles. The molecular weight excluding hydrogens is 197 g/mol. The molecule has 0 bridgehead atoms. The van der Waals surface area contributed by atoms with Crippen LogP contribution in [0.5, 0.6) is 0 Å². The second kappa shape index (κ2) is 10.8. The summed E-state index contributed by atoms with van der Waals surface area (Å²) in [7, 11) is 0. The first-order valence-electron chi connectivity index (χ1n) is 1.91. The van der Waals surface area contributed by atoms with Gasteiger partial charge in [-0.3, -0.25) is 0 Å². The summed E-state index contributed by atoms with van der Waals surface area (Å²) in [5.74, 6) is 0. The van der Waals surface area contributed by atoms with Gasteiger partial charge >= 0.3 is 19.5 Å². The van der Waals surface area contributed by atoms with Gasteiger partial charge in [0.1, 0.15) is 0 Å². The van der Waals surface area contributed by atoms with Gasteiger partial charge in [0.15, 0.2) is 0 Å². The van der Waals surface area contributed by atoms with Crippen molar-refractivity contribution in [2.45, 2.75) is 0 Å². The smallest absolute Gasteiger partial charge is 0.358 e. The van der Waals surface area contributed by atoms with Gasteiger partial charge in [-0.25, -0.2) is 0 Å². The van der Waals surface area contributed by atoms with Gasteiger partial charge in [0.05, 0.1) is 0 Å². The van der Waals surface area contributed by atoms with Crippen molar-refractivity contribution in [3.05, 3.63) is 51.3 Å². The number of rotatable bonds is 0. The standard InChI is InChI=1S/C6H5.2CH3.Ru/c1-2-4-6-5-3-1;;;/h1-5H;2*1H3;/q3*-1;+3. The minimum absolute atomic E-state index is 0. The van der Waals surface area contributed by atoms with E-state index < -0.39 is 0 Å². The van der Waals surface area contributed by atoms with Gasteiger partial charge in [0.2, 0.25) is 0 Å². The van der Waals surface area contributed by atoms with Gasteiger partial charge in [-0.2, -0.15) is 36.4 Å². The van der Waals surface area contributed by atoms with Gasteiger partial charge in [-0.05, 0) is 0 Å². The first-order valence-corrected chi connectivity index (χ1v) is 1.91. The van der Waals surface area contributed by atoms with E-state index in [2.05, 4.69) is 6.07 Å². The summed E-state index contributed by atoms with van der Waals surface area (Å²) < 4.78 is 0. The first-order chi connectivity index (χ1) is 3.00. The van der Waals surface area contributed by atoms with Crippen molar-refractivity contribution in [2.75, 3.05) is 0 Å². The maximum atomic E-state index is 2.89. The molecule has 0 saturated heterocycles. The predicted octanol–water partition coefficient (Wildman–Crippen LogP) is 2.38. The van der Waals surface area contributed by atoms with Crippen molar-refractivity contribution in [3.8, 4) is 0 Å². The van der Waals surface area contributed by atoms with E-state index in [0.29, 0.717) is 0 Å². The second-order valence-electron chi connectivity index (χ2n) is 1.08. The van der Waals surface area contributed by atoms with Crippen LogP contribution < -0.4 is 0 Å². The van der Waals surface area contributed by atoms with Crippen molar-refractivity contribution in [1.29, 1.82) is 0 Å². The van der Waals surface area contributed by atoms with Crippen molar-refractivity contribution >= 4 is 0 Å². The van der Waals surface area contributed by atoms with Gasteiger partial charge < -0.3 is 14.9 Å². The Kier molecular flexibility index (Phi) is 19.0.